The van der Waals surface area contributed by atoms with Crippen LogP contribution < -0.4 is 0 Å². The molecule has 0 unspecified atom stereocenters. The third kappa shape index (κ3) is 7.27. The highest BCUT2D eigenvalue weighted by atomic mass is 16.5. The van der Waals surface area contributed by atoms with Crippen LogP contribution in [0.5, 0.6) is 0 Å². The van der Waals surface area contributed by atoms with Crippen LogP contribution in [0.15, 0.2) is 54.6 Å². The number of nitrogens with zero attached hydrogens (tertiary/aromatic N) is 1. The first kappa shape index (κ1) is 19.7. The van der Waals surface area contributed by atoms with E-state index in [1.165, 1.54) is 0 Å². The van der Waals surface area contributed by atoms with Crippen LogP contribution in [0.25, 0.3) is 0 Å². The minimum Gasteiger partial charge on any atom is -0.463 e. The van der Waals surface area contributed by atoms with Gasteiger partial charge in [0, 0.05) is 13.5 Å². The van der Waals surface area contributed by atoms with Crippen molar-refractivity contribution in [2.24, 2.45) is 0 Å². The molecule has 1 atom stereocenters. The predicted octanol–water partition coefficient (Wildman–Crippen LogP) is 3.53. The maximum atomic E-state index is 12.3. The summed E-state index contributed by atoms with van der Waals surface area (Å²) in [4.78, 5) is 25.7. The minimum absolute atomic E-state index is 0.0125. The van der Waals surface area contributed by atoms with Crippen LogP contribution in [0.4, 0.5) is 0 Å². The van der Waals surface area contributed by atoms with E-state index < -0.39 is 0 Å². The van der Waals surface area contributed by atoms with Crippen LogP contribution in [-0.4, -0.2) is 36.5 Å². The molecule has 4 heteroatoms. The average molecular weight is 329 g/mol. The van der Waals surface area contributed by atoms with E-state index in [0.717, 1.165) is 5.56 Å². The number of allylic oxidation sites excluding steroid dienone is 2. The number of likely N-dealkylation sites (N-methyl/N-ethyl adjacent to an activating group) is 1. The fraction of sp³-hybridized carbons (Fsp3) is 0.400. The van der Waals surface area contributed by atoms with Gasteiger partial charge in [0.05, 0.1) is 12.5 Å². The van der Waals surface area contributed by atoms with Crippen LogP contribution in [0.2, 0.25) is 0 Å². The summed E-state index contributed by atoms with van der Waals surface area (Å²) in [5, 5.41) is 0. The van der Waals surface area contributed by atoms with Gasteiger partial charge >= 0.3 is 5.97 Å². The van der Waals surface area contributed by atoms with Gasteiger partial charge in [-0.3, -0.25) is 9.59 Å². The molecule has 0 fully saturated rings. The lowest BCUT2D eigenvalue weighted by Crippen LogP contribution is -2.41. The Labute approximate surface area is 144 Å². The summed E-state index contributed by atoms with van der Waals surface area (Å²) in [5.41, 5.74) is 1.11. The molecule has 1 aromatic carbocycles. The quantitative estimate of drug-likeness (QED) is 0.514. The number of ether oxygens (including phenoxy) is 1. The van der Waals surface area contributed by atoms with Crippen molar-refractivity contribution in [1.29, 1.82) is 0 Å². The highest BCUT2D eigenvalue weighted by molar-refractivity contribution is 5.78. The summed E-state index contributed by atoms with van der Waals surface area (Å²) in [6, 6.07) is 9.73. The zero-order valence-electron chi connectivity index (χ0n) is 14.8. The first-order valence-corrected chi connectivity index (χ1v) is 8.26. The van der Waals surface area contributed by atoms with Gasteiger partial charge in [0.1, 0.15) is 6.61 Å². The molecule has 0 saturated carbocycles. The SMILES string of the molecule is C/C=C/CC(=O)OC[C@H](Cc1ccccc1)N(C)C(=O)C/C=C/C. The second-order valence-electron chi connectivity index (χ2n) is 5.58. The molecule has 1 amide bonds. The molecule has 0 heterocycles. The Kier molecular flexibility index (Phi) is 9.20. The molecule has 4 nitrogen and oxygen atoms in total. The largest absolute Gasteiger partial charge is 0.463 e. The standard InChI is InChI=1S/C20H27NO3/c1-4-6-13-19(22)21(3)18(15-17-11-9-8-10-12-17)16-24-20(23)14-7-5-2/h4-12,18H,13-16H2,1-3H3/b6-4+,7-5+/t18-/m0/s1. The van der Waals surface area contributed by atoms with Gasteiger partial charge in [0.15, 0.2) is 0 Å². The Balaban J connectivity index is 2.74. The zero-order chi connectivity index (χ0) is 17.8. The Morgan fingerprint density at radius 2 is 1.71 bits per heavy atom. The fourth-order valence-electron chi connectivity index (χ4n) is 2.22. The van der Waals surface area contributed by atoms with E-state index in [1.807, 2.05) is 62.4 Å². The maximum Gasteiger partial charge on any atom is 0.309 e. The smallest absolute Gasteiger partial charge is 0.309 e. The number of esters is 1. The second kappa shape index (κ2) is 11.2. The van der Waals surface area contributed by atoms with Crippen LogP contribution in [-0.2, 0) is 20.7 Å². The summed E-state index contributed by atoms with van der Waals surface area (Å²) in [6.07, 6.45) is 8.52. The van der Waals surface area contributed by atoms with Gasteiger partial charge in [0.25, 0.3) is 0 Å². The van der Waals surface area contributed by atoms with Crippen molar-refractivity contribution >= 4 is 11.9 Å². The molecule has 0 aliphatic heterocycles. The first-order valence-electron chi connectivity index (χ1n) is 8.26. The molecule has 0 N–H and O–H groups in total. The normalized spacial score (nSPS) is 12.5. The lowest BCUT2D eigenvalue weighted by Gasteiger charge is -2.28. The van der Waals surface area contributed by atoms with Crippen LogP contribution in [0.1, 0.15) is 32.3 Å². The van der Waals surface area contributed by atoms with E-state index in [4.69, 9.17) is 4.74 Å². The minimum atomic E-state index is -0.277. The van der Waals surface area contributed by atoms with Crippen LogP contribution in [0.3, 0.4) is 0 Å². The van der Waals surface area contributed by atoms with Crippen molar-refractivity contribution in [3.8, 4) is 0 Å². The molecule has 130 valence electrons. The van der Waals surface area contributed by atoms with Crippen molar-refractivity contribution in [3.63, 3.8) is 0 Å². The van der Waals surface area contributed by atoms with Crippen LogP contribution >= 0.6 is 0 Å². The lowest BCUT2D eigenvalue weighted by atomic mass is 10.1. The molecule has 0 bridgehead atoms. The van der Waals surface area contributed by atoms with E-state index in [2.05, 4.69) is 0 Å². The van der Waals surface area contributed by atoms with Gasteiger partial charge in [-0.1, -0.05) is 54.6 Å². The molecule has 0 aliphatic carbocycles. The number of rotatable bonds is 9. The molecule has 0 saturated heterocycles. The van der Waals surface area contributed by atoms with E-state index in [1.54, 1.807) is 18.0 Å². The van der Waals surface area contributed by atoms with Gasteiger partial charge in [-0.05, 0) is 25.8 Å². The molecule has 0 aliphatic rings. The van der Waals surface area contributed by atoms with Gasteiger partial charge in [-0.15, -0.1) is 0 Å². The second-order valence-corrected chi connectivity index (χ2v) is 5.58. The number of hydrogen-bond donors (Lipinski definition) is 0. The van der Waals surface area contributed by atoms with Crippen molar-refractivity contribution in [2.75, 3.05) is 13.7 Å². The number of carbonyl (C=O) groups excluding carboxylic acids is 2. The van der Waals surface area contributed by atoms with E-state index in [-0.39, 0.29) is 30.9 Å². The lowest BCUT2D eigenvalue weighted by molar-refractivity contribution is -0.146. The molecule has 1 aromatic rings. The van der Waals surface area contributed by atoms with Crippen molar-refractivity contribution in [2.45, 2.75) is 39.2 Å². The van der Waals surface area contributed by atoms with E-state index in [9.17, 15) is 9.59 Å². The number of amides is 1. The number of carbonyl (C=O) groups is 2. The van der Waals surface area contributed by atoms with Crippen molar-refractivity contribution in [3.05, 3.63) is 60.2 Å². The zero-order valence-corrected chi connectivity index (χ0v) is 14.8. The number of benzene rings is 1. The van der Waals surface area contributed by atoms with Gasteiger partial charge in [0.2, 0.25) is 5.91 Å². The topological polar surface area (TPSA) is 46.6 Å². The molecular weight excluding hydrogens is 302 g/mol. The van der Waals surface area contributed by atoms with Crippen molar-refractivity contribution < 1.29 is 14.3 Å². The highest BCUT2D eigenvalue weighted by Crippen LogP contribution is 2.10. The van der Waals surface area contributed by atoms with Gasteiger partial charge in [-0.2, -0.15) is 0 Å². The highest BCUT2D eigenvalue weighted by Gasteiger charge is 2.21. The monoisotopic (exact) mass is 329 g/mol. The summed E-state index contributed by atoms with van der Waals surface area (Å²) in [5.74, 6) is -0.265. The van der Waals surface area contributed by atoms with Gasteiger partial charge in [-0.25, -0.2) is 0 Å². The third-order valence-electron chi connectivity index (χ3n) is 3.74. The molecule has 0 aromatic heterocycles. The maximum absolute atomic E-state index is 12.3. The van der Waals surface area contributed by atoms with E-state index >= 15 is 0 Å². The summed E-state index contributed by atoms with van der Waals surface area (Å²) < 4.78 is 5.35. The molecule has 0 spiro atoms. The number of hydrogen-bond acceptors (Lipinski definition) is 3. The van der Waals surface area contributed by atoms with Crippen molar-refractivity contribution in [1.82, 2.24) is 4.90 Å². The Bertz CT molecular complexity index is 564. The van der Waals surface area contributed by atoms with Gasteiger partial charge < -0.3 is 9.64 Å². The Morgan fingerprint density at radius 1 is 1.08 bits per heavy atom. The first-order chi connectivity index (χ1) is 11.6. The molecular formula is C20H27NO3. The van der Waals surface area contributed by atoms with E-state index in [0.29, 0.717) is 12.8 Å². The molecule has 24 heavy (non-hydrogen) atoms. The molecule has 0 radical (unpaired) electrons. The summed E-state index contributed by atoms with van der Waals surface area (Å²) >= 11 is 0. The fourth-order valence-corrected chi connectivity index (χ4v) is 2.22. The Hall–Kier alpha value is -2.36. The molecule has 1 rings (SSSR count). The third-order valence-corrected chi connectivity index (χ3v) is 3.74. The Morgan fingerprint density at radius 3 is 2.33 bits per heavy atom. The average Bonchev–Trinajstić information content (AvgIpc) is 2.61. The summed E-state index contributed by atoms with van der Waals surface area (Å²) in [7, 11) is 1.76. The predicted molar refractivity (Wildman–Crippen MR) is 96.5 cm³/mol. The summed E-state index contributed by atoms with van der Waals surface area (Å²) in [6.45, 7) is 3.94. The van der Waals surface area contributed by atoms with Crippen LogP contribution in [0, 0.1) is 0 Å².